The lowest BCUT2D eigenvalue weighted by Gasteiger charge is -2.18. The summed E-state index contributed by atoms with van der Waals surface area (Å²) in [5, 5.41) is 3.05. The van der Waals surface area contributed by atoms with Crippen LogP contribution in [0.1, 0.15) is 44.7 Å². The summed E-state index contributed by atoms with van der Waals surface area (Å²) in [7, 11) is 0. The second kappa shape index (κ2) is 5.53. The molecule has 3 unspecified atom stereocenters. The van der Waals surface area contributed by atoms with Crippen LogP contribution >= 0.6 is 0 Å². The molecule has 0 saturated heterocycles. The quantitative estimate of drug-likeness (QED) is 0.861. The highest BCUT2D eigenvalue weighted by molar-refractivity contribution is 5.93. The minimum Gasteiger partial charge on any atom is -0.326 e. The summed E-state index contributed by atoms with van der Waals surface area (Å²) in [6.07, 6.45) is 3.33. The van der Waals surface area contributed by atoms with Crippen LogP contribution in [0.15, 0.2) is 24.3 Å². The van der Waals surface area contributed by atoms with E-state index >= 15 is 0 Å². The van der Waals surface area contributed by atoms with Gasteiger partial charge in [-0.1, -0.05) is 31.5 Å². The molecule has 0 spiro atoms. The van der Waals surface area contributed by atoms with Gasteiger partial charge in [-0.2, -0.15) is 0 Å². The Morgan fingerprint density at radius 3 is 2.72 bits per heavy atom. The Bertz CT molecular complexity index is 428. The summed E-state index contributed by atoms with van der Waals surface area (Å²) in [5.41, 5.74) is 7.77. The number of rotatable bonds is 3. The molecule has 3 atom stereocenters. The van der Waals surface area contributed by atoms with Crippen LogP contribution in [-0.4, -0.2) is 5.91 Å². The van der Waals surface area contributed by atoms with E-state index in [0.717, 1.165) is 30.5 Å². The number of nitrogens with one attached hydrogen (secondary N) is 1. The Balaban J connectivity index is 2.11. The normalized spacial score (nSPS) is 24.8. The average Bonchev–Trinajstić information content (AvgIpc) is 2.76. The number of nitrogens with two attached hydrogens (primary N) is 1. The molecule has 2 rings (SSSR count). The predicted octanol–water partition coefficient (Wildman–Crippen LogP) is 3.08. The van der Waals surface area contributed by atoms with E-state index in [2.05, 4.69) is 12.2 Å². The van der Waals surface area contributed by atoms with Crippen molar-refractivity contribution in [1.82, 2.24) is 0 Å². The van der Waals surface area contributed by atoms with Crippen molar-refractivity contribution in [3.05, 3.63) is 29.8 Å². The molecule has 0 heterocycles. The highest BCUT2D eigenvalue weighted by atomic mass is 16.1. The number of carbonyl (C=O) groups is 1. The van der Waals surface area contributed by atoms with E-state index < -0.39 is 0 Å². The molecule has 3 nitrogen and oxygen atoms in total. The van der Waals surface area contributed by atoms with E-state index in [1.165, 1.54) is 0 Å². The summed E-state index contributed by atoms with van der Waals surface area (Å²) in [6.45, 7) is 4.10. The van der Waals surface area contributed by atoms with Crippen LogP contribution in [0.25, 0.3) is 0 Å². The second-order valence-corrected chi connectivity index (χ2v) is 5.38. The van der Waals surface area contributed by atoms with Crippen LogP contribution < -0.4 is 11.1 Å². The van der Waals surface area contributed by atoms with E-state index in [-0.39, 0.29) is 17.9 Å². The van der Waals surface area contributed by atoms with Crippen LogP contribution in [0, 0.1) is 11.8 Å². The van der Waals surface area contributed by atoms with Gasteiger partial charge in [-0.05, 0) is 37.3 Å². The molecule has 1 aliphatic rings. The van der Waals surface area contributed by atoms with Crippen molar-refractivity contribution >= 4 is 11.6 Å². The van der Waals surface area contributed by atoms with Gasteiger partial charge in [0.25, 0.3) is 0 Å². The molecular weight excluding hydrogens is 224 g/mol. The molecule has 0 aliphatic heterocycles. The zero-order valence-electron chi connectivity index (χ0n) is 11.1. The summed E-state index contributed by atoms with van der Waals surface area (Å²) < 4.78 is 0. The van der Waals surface area contributed by atoms with Crippen molar-refractivity contribution in [2.75, 3.05) is 5.32 Å². The van der Waals surface area contributed by atoms with Crippen molar-refractivity contribution in [2.24, 2.45) is 17.6 Å². The molecule has 1 aromatic rings. The summed E-state index contributed by atoms with van der Waals surface area (Å²) in [4.78, 5) is 12.2. The summed E-state index contributed by atoms with van der Waals surface area (Å²) >= 11 is 0. The van der Waals surface area contributed by atoms with Crippen molar-refractivity contribution in [3.8, 4) is 0 Å². The minimum absolute atomic E-state index is 0.0671. The van der Waals surface area contributed by atoms with E-state index in [1.54, 1.807) is 0 Å². The van der Waals surface area contributed by atoms with Crippen LogP contribution in [-0.2, 0) is 4.79 Å². The standard InChI is InChI=1S/C15H22N2O/c1-10-6-5-8-12(10)15(18)17-14-9-4-3-7-13(14)11(2)16/h3-4,7,9-12H,5-6,8,16H2,1-2H3,(H,17,18). The molecule has 1 aliphatic carbocycles. The van der Waals surface area contributed by atoms with E-state index in [9.17, 15) is 4.79 Å². The van der Waals surface area contributed by atoms with Gasteiger partial charge in [-0.3, -0.25) is 4.79 Å². The van der Waals surface area contributed by atoms with Gasteiger partial charge in [0.15, 0.2) is 0 Å². The SMILES string of the molecule is CC(N)c1ccccc1NC(=O)C1CCCC1C. The highest BCUT2D eigenvalue weighted by Crippen LogP contribution is 2.32. The first-order chi connectivity index (χ1) is 8.59. The topological polar surface area (TPSA) is 55.1 Å². The first-order valence-corrected chi connectivity index (χ1v) is 6.75. The Labute approximate surface area is 109 Å². The Hall–Kier alpha value is -1.35. The number of hydrogen-bond acceptors (Lipinski definition) is 2. The minimum atomic E-state index is -0.0671. The van der Waals surface area contributed by atoms with Gasteiger partial charge in [-0.25, -0.2) is 0 Å². The number of benzene rings is 1. The summed E-state index contributed by atoms with van der Waals surface area (Å²) in [5.74, 6) is 0.798. The number of anilines is 1. The highest BCUT2D eigenvalue weighted by Gasteiger charge is 2.29. The molecular formula is C15H22N2O. The third-order valence-electron chi connectivity index (χ3n) is 3.91. The number of amides is 1. The Morgan fingerprint density at radius 2 is 2.11 bits per heavy atom. The number of hydrogen-bond donors (Lipinski definition) is 2. The molecule has 3 heteroatoms. The van der Waals surface area contributed by atoms with Crippen LogP contribution in [0.5, 0.6) is 0 Å². The first kappa shape index (κ1) is 13.1. The van der Waals surface area contributed by atoms with E-state index in [4.69, 9.17) is 5.73 Å². The lowest BCUT2D eigenvalue weighted by molar-refractivity contribution is -0.120. The number of carbonyl (C=O) groups excluding carboxylic acids is 1. The van der Waals surface area contributed by atoms with Crippen molar-refractivity contribution in [2.45, 2.75) is 39.2 Å². The average molecular weight is 246 g/mol. The molecule has 1 saturated carbocycles. The van der Waals surface area contributed by atoms with Crippen LogP contribution in [0.4, 0.5) is 5.69 Å². The largest absolute Gasteiger partial charge is 0.326 e. The monoisotopic (exact) mass is 246 g/mol. The van der Waals surface area contributed by atoms with Gasteiger partial charge in [0.05, 0.1) is 0 Å². The lowest BCUT2D eigenvalue weighted by atomic mass is 9.97. The zero-order valence-corrected chi connectivity index (χ0v) is 11.1. The van der Waals surface area contributed by atoms with Crippen LogP contribution in [0.2, 0.25) is 0 Å². The van der Waals surface area contributed by atoms with Gasteiger partial charge < -0.3 is 11.1 Å². The number of para-hydroxylation sites is 1. The van der Waals surface area contributed by atoms with Crippen molar-refractivity contribution in [3.63, 3.8) is 0 Å². The van der Waals surface area contributed by atoms with Gasteiger partial charge in [0, 0.05) is 17.6 Å². The first-order valence-electron chi connectivity index (χ1n) is 6.75. The Morgan fingerprint density at radius 1 is 1.39 bits per heavy atom. The summed E-state index contributed by atoms with van der Waals surface area (Å²) in [6, 6.07) is 7.71. The predicted molar refractivity (Wildman–Crippen MR) is 74.2 cm³/mol. The zero-order chi connectivity index (χ0) is 13.1. The smallest absolute Gasteiger partial charge is 0.227 e. The van der Waals surface area contributed by atoms with Crippen molar-refractivity contribution < 1.29 is 4.79 Å². The fourth-order valence-corrected chi connectivity index (χ4v) is 2.77. The fraction of sp³-hybridized carbons (Fsp3) is 0.533. The maximum atomic E-state index is 12.2. The van der Waals surface area contributed by atoms with Crippen LogP contribution in [0.3, 0.4) is 0 Å². The van der Waals surface area contributed by atoms with E-state index in [1.807, 2.05) is 31.2 Å². The van der Waals surface area contributed by atoms with Crippen molar-refractivity contribution in [1.29, 1.82) is 0 Å². The third-order valence-corrected chi connectivity index (χ3v) is 3.91. The molecule has 1 amide bonds. The maximum absolute atomic E-state index is 12.2. The lowest BCUT2D eigenvalue weighted by Crippen LogP contribution is -2.25. The third kappa shape index (κ3) is 2.72. The molecule has 3 N–H and O–H groups in total. The molecule has 0 radical (unpaired) electrons. The second-order valence-electron chi connectivity index (χ2n) is 5.38. The molecule has 1 aromatic carbocycles. The molecule has 98 valence electrons. The molecule has 1 fully saturated rings. The van der Waals surface area contributed by atoms with Gasteiger partial charge in [0.2, 0.25) is 5.91 Å². The van der Waals surface area contributed by atoms with Gasteiger partial charge in [-0.15, -0.1) is 0 Å². The van der Waals surface area contributed by atoms with Gasteiger partial charge in [0.1, 0.15) is 0 Å². The fourth-order valence-electron chi connectivity index (χ4n) is 2.77. The molecule has 0 bridgehead atoms. The Kier molecular flexibility index (Phi) is 4.02. The van der Waals surface area contributed by atoms with Gasteiger partial charge >= 0.3 is 0 Å². The molecule has 0 aromatic heterocycles. The maximum Gasteiger partial charge on any atom is 0.227 e. The molecule has 18 heavy (non-hydrogen) atoms. The van der Waals surface area contributed by atoms with E-state index in [0.29, 0.717) is 5.92 Å².